The van der Waals surface area contributed by atoms with Gasteiger partial charge >= 0.3 is 5.97 Å². The molecule has 94 valence electrons. The van der Waals surface area contributed by atoms with Gasteiger partial charge in [0.25, 0.3) is 0 Å². The number of methoxy groups -OCH3 is 2. The summed E-state index contributed by atoms with van der Waals surface area (Å²) in [5.74, 6) is -0.783. The molecule has 3 N–H and O–H groups in total. The van der Waals surface area contributed by atoms with E-state index in [1.54, 1.807) is 12.1 Å². The summed E-state index contributed by atoms with van der Waals surface area (Å²) < 4.78 is 10.9. The topological polar surface area (TPSA) is 81.8 Å². The summed E-state index contributed by atoms with van der Waals surface area (Å²) in [5.41, 5.74) is 6.00. The van der Waals surface area contributed by atoms with Crippen LogP contribution in [0.4, 0.5) is 0 Å². The molecule has 0 spiro atoms. The molecular weight excluding hydrogens is 290 g/mol. The number of rotatable bonds is 5. The van der Waals surface area contributed by atoms with Crippen molar-refractivity contribution in [2.75, 3.05) is 20.8 Å². The molecule has 0 aliphatic rings. The minimum absolute atomic E-state index is 0.00335. The fourth-order valence-electron chi connectivity index (χ4n) is 1.54. The molecule has 0 saturated carbocycles. The standard InChI is InChI=1S/C11H14BrNO4/c1-16-6-3-8(12)10(9(4-6)17-2)7(5-13)11(14)15/h3-4,7H,5,13H2,1-2H3,(H,14,15). The molecule has 0 fully saturated rings. The van der Waals surface area contributed by atoms with Gasteiger partial charge in [-0.15, -0.1) is 0 Å². The highest BCUT2D eigenvalue weighted by Crippen LogP contribution is 2.37. The summed E-state index contributed by atoms with van der Waals surface area (Å²) in [6.45, 7) is -0.00335. The van der Waals surface area contributed by atoms with E-state index in [0.717, 1.165) is 0 Å². The summed E-state index contributed by atoms with van der Waals surface area (Å²) in [6.07, 6.45) is 0. The van der Waals surface area contributed by atoms with Crippen molar-refractivity contribution in [3.8, 4) is 11.5 Å². The minimum Gasteiger partial charge on any atom is -0.497 e. The molecule has 6 heteroatoms. The molecule has 0 aliphatic heterocycles. The van der Waals surface area contributed by atoms with Crippen molar-refractivity contribution in [2.45, 2.75) is 5.92 Å². The van der Waals surface area contributed by atoms with Gasteiger partial charge in [-0.2, -0.15) is 0 Å². The second-order valence-corrected chi connectivity index (χ2v) is 4.21. The van der Waals surface area contributed by atoms with Crippen LogP contribution in [0.1, 0.15) is 11.5 Å². The summed E-state index contributed by atoms with van der Waals surface area (Å²) in [4.78, 5) is 11.1. The minimum atomic E-state index is -0.989. The number of halogens is 1. The number of aliphatic carboxylic acids is 1. The predicted molar refractivity (Wildman–Crippen MR) is 66.7 cm³/mol. The summed E-state index contributed by atoms with van der Waals surface area (Å²) in [5, 5.41) is 9.11. The van der Waals surface area contributed by atoms with Crippen molar-refractivity contribution in [2.24, 2.45) is 5.73 Å². The Morgan fingerprint density at radius 3 is 2.53 bits per heavy atom. The van der Waals surface area contributed by atoms with Crippen LogP contribution in [-0.4, -0.2) is 31.8 Å². The van der Waals surface area contributed by atoms with Gasteiger partial charge in [0.1, 0.15) is 11.5 Å². The third-order valence-corrected chi connectivity index (χ3v) is 3.06. The van der Waals surface area contributed by atoms with Crippen LogP contribution in [0.2, 0.25) is 0 Å². The predicted octanol–water partition coefficient (Wildman–Crippen LogP) is 1.59. The van der Waals surface area contributed by atoms with Gasteiger partial charge in [-0.05, 0) is 6.07 Å². The molecule has 1 aromatic carbocycles. The van der Waals surface area contributed by atoms with E-state index in [2.05, 4.69) is 15.9 Å². The van der Waals surface area contributed by atoms with E-state index in [9.17, 15) is 4.79 Å². The monoisotopic (exact) mass is 303 g/mol. The maximum atomic E-state index is 11.1. The van der Waals surface area contributed by atoms with Crippen molar-refractivity contribution in [3.63, 3.8) is 0 Å². The third kappa shape index (κ3) is 2.89. The fourth-order valence-corrected chi connectivity index (χ4v) is 2.23. The number of carbonyl (C=O) groups is 1. The van der Waals surface area contributed by atoms with Gasteiger partial charge in [0.05, 0.1) is 20.1 Å². The van der Waals surface area contributed by atoms with Crippen LogP contribution < -0.4 is 15.2 Å². The van der Waals surface area contributed by atoms with E-state index in [4.69, 9.17) is 20.3 Å². The molecule has 0 saturated heterocycles. The van der Waals surface area contributed by atoms with E-state index in [1.807, 2.05) is 0 Å². The Labute approximate surface area is 108 Å². The molecule has 0 bridgehead atoms. The second kappa shape index (κ2) is 5.88. The van der Waals surface area contributed by atoms with Gasteiger partial charge in [-0.1, -0.05) is 15.9 Å². The van der Waals surface area contributed by atoms with Gasteiger partial charge in [0.15, 0.2) is 0 Å². The van der Waals surface area contributed by atoms with Crippen LogP contribution >= 0.6 is 15.9 Å². The number of carboxylic acid groups (broad SMARTS) is 1. The number of hydrogen-bond donors (Lipinski definition) is 2. The Morgan fingerprint density at radius 1 is 1.47 bits per heavy atom. The SMILES string of the molecule is COc1cc(Br)c(C(CN)C(=O)O)c(OC)c1. The van der Waals surface area contributed by atoms with Crippen molar-refractivity contribution in [1.82, 2.24) is 0 Å². The van der Waals surface area contributed by atoms with Crippen LogP contribution in [0.15, 0.2) is 16.6 Å². The van der Waals surface area contributed by atoms with Crippen LogP contribution in [0.5, 0.6) is 11.5 Å². The summed E-state index contributed by atoms with van der Waals surface area (Å²) >= 11 is 3.31. The van der Waals surface area contributed by atoms with Crippen molar-refractivity contribution in [3.05, 3.63) is 22.2 Å². The number of nitrogens with two attached hydrogens (primary N) is 1. The third-order valence-electron chi connectivity index (χ3n) is 2.40. The Bertz CT molecular complexity index is 422. The molecule has 1 rings (SSSR count). The number of ether oxygens (including phenoxy) is 2. The quantitative estimate of drug-likeness (QED) is 0.863. The largest absolute Gasteiger partial charge is 0.497 e. The maximum Gasteiger partial charge on any atom is 0.312 e. The summed E-state index contributed by atoms with van der Waals surface area (Å²) in [6, 6.07) is 3.31. The molecule has 1 unspecified atom stereocenters. The van der Waals surface area contributed by atoms with Gasteiger partial charge in [-0.25, -0.2) is 0 Å². The zero-order chi connectivity index (χ0) is 13.0. The first-order chi connectivity index (χ1) is 8.04. The Kier molecular flexibility index (Phi) is 4.77. The smallest absolute Gasteiger partial charge is 0.312 e. The van der Waals surface area contributed by atoms with E-state index in [0.29, 0.717) is 21.5 Å². The lowest BCUT2D eigenvalue weighted by atomic mass is 9.98. The highest BCUT2D eigenvalue weighted by molar-refractivity contribution is 9.10. The molecular formula is C11H14BrNO4. The van der Waals surface area contributed by atoms with Crippen molar-refractivity contribution < 1.29 is 19.4 Å². The van der Waals surface area contributed by atoms with E-state index in [-0.39, 0.29) is 6.54 Å². The first-order valence-corrected chi connectivity index (χ1v) is 5.68. The van der Waals surface area contributed by atoms with Crippen LogP contribution in [0, 0.1) is 0 Å². The lowest BCUT2D eigenvalue weighted by Gasteiger charge is -2.17. The summed E-state index contributed by atoms with van der Waals surface area (Å²) in [7, 11) is 3.00. The second-order valence-electron chi connectivity index (χ2n) is 3.35. The van der Waals surface area contributed by atoms with Gasteiger partial charge in [0.2, 0.25) is 0 Å². The van der Waals surface area contributed by atoms with E-state index >= 15 is 0 Å². The zero-order valence-electron chi connectivity index (χ0n) is 9.57. The first kappa shape index (κ1) is 13.8. The van der Waals surface area contributed by atoms with Gasteiger partial charge in [0, 0.05) is 22.6 Å². The number of hydrogen-bond acceptors (Lipinski definition) is 4. The van der Waals surface area contributed by atoms with E-state index in [1.165, 1.54) is 14.2 Å². The van der Waals surface area contributed by atoms with Gasteiger partial charge < -0.3 is 20.3 Å². The Hall–Kier alpha value is -1.27. The normalized spacial score (nSPS) is 12.0. The van der Waals surface area contributed by atoms with Crippen LogP contribution in [-0.2, 0) is 4.79 Å². The van der Waals surface area contributed by atoms with E-state index < -0.39 is 11.9 Å². The number of benzene rings is 1. The van der Waals surface area contributed by atoms with Crippen LogP contribution in [0.3, 0.4) is 0 Å². The molecule has 1 aromatic rings. The first-order valence-electron chi connectivity index (χ1n) is 4.89. The molecule has 0 aromatic heterocycles. The molecule has 17 heavy (non-hydrogen) atoms. The highest BCUT2D eigenvalue weighted by Gasteiger charge is 2.25. The van der Waals surface area contributed by atoms with Crippen molar-refractivity contribution >= 4 is 21.9 Å². The molecule has 0 amide bonds. The molecule has 0 aliphatic carbocycles. The van der Waals surface area contributed by atoms with Crippen LogP contribution in [0.25, 0.3) is 0 Å². The molecule has 5 nitrogen and oxygen atoms in total. The Morgan fingerprint density at radius 2 is 2.12 bits per heavy atom. The fraction of sp³-hybridized carbons (Fsp3) is 0.364. The zero-order valence-corrected chi connectivity index (χ0v) is 11.2. The average molecular weight is 304 g/mol. The van der Waals surface area contributed by atoms with Gasteiger partial charge in [-0.3, -0.25) is 4.79 Å². The maximum absolute atomic E-state index is 11.1. The lowest BCUT2D eigenvalue weighted by Crippen LogP contribution is -2.22. The average Bonchev–Trinajstić information content (AvgIpc) is 2.31. The van der Waals surface area contributed by atoms with Crippen molar-refractivity contribution in [1.29, 1.82) is 0 Å². The molecule has 0 radical (unpaired) electrons. The lowest BCUT2D eigenvalue weighted by molar-refractivity contribution is -0.138. The highest BCUT2D eigenvalue weighted by atomic mass is 79.9. The number of carboxylic acids is 1. The Balaban J connectivity index is 3.35. The molecule has 1 atom stereocenters. The molecule has 0 heterocycles.